The lowest BCUT2D eigenvalue weighted by atomic mass is 10.1. The Morgan fingerprint density at radius 3 is 2.58 bits per heavy atom. The van der Waals surface area contributed by atoms with Crippen molar-refractivity contribution in [2.45, 2.75) is 6.42 Å². The molecule has 0 radical (unpaired) electrons. The van der Waals surface area contributed by atoms with Gasteiger partial charge in [0.25, 0.3) is 0 Å². The number of amides is 1. The average molecular weight is 265 g/mol. The van der Waals surface area contributed by atoms with Gasteiger partial charge in [0.2, 0.25) is 5.91 Å². The standard InChI is InChI=1S/C13H15NO5/c15-11-2-1-9(7-10(11)13(17)18)8-12(16)14-3-5-19-6-4-14/h1-2,7,15H,3-6,8H2,(H,17,18). The summed E-state index contributed by atoms with van der Waals surface area (Å²) < 4.78 is 5.16. The van der Waals surface area contributed by atoms with E-state index in [0.29, 0.717) is 31.9 Å². The number of hydrogen-bond donors (Lipinski definition) is 2. The normalized spacial score (nSPS) is 15.3. The molecular formula is C13H15NO5. The molecule has 1 fully saturated rings. The number of carboxylic acids is 1. The molecule has 1 aliphatic rings. The van der Waals surface area contributed by atoms with Gasteiger partial charge in [0.1, 0.15) is 11.3 Å². The molecule has 2 rings (SSSR count). The van der Waals surface area contributed by atoms with Crippen molar-refractivity contribution < 1.29 is 24.5 Å². The summed E-state index contributed by atoms with van der Waals surface area (Å²) in [5.41, 5.74) is 0.388. The highest BCUT2D eigenvalue weighted by molar-refractivity contribution is 5.91. The highest BCUT2D eigenvalue weighted by Crippen LogP contribution is 2.19. The first-order chi connectivity index (χ1) is 9.08. The van der Waals surface area contributed by atoms with Crippen molar-refractivity contribution in [3.8, 4) is 5.75 Å². The van der Waals surface area contributed by atoms with E-state index in [4.69, 9.17) is 9.84 Å². The second kappa shape index (κ2) is 5.71. The Bertz CT molecular complexity index is 494. The van der Waals surface area contributed by atoms with Crippen molar-refractivity contribution in [1.29, 1.82) is 0 Å². The van der Waals surface area contributed by atoms with E-state index in [-0.39, 0.29) is 23.6 Å². The number of hydrogen-bond acceptors (Lipinski definition) is 4. The van der Waals surface area contributed by atoms with Crippen LogP contribution in [0.3, 0.4) is 0 Å². The maximum absolute atomic E-state index is 12.0. The monoisotopic (exact) mass is 265 g/mol. The van der Waals surface area contributed by atoms with Gasteiger partial charge in [-0.25, -0.2) is 4.79 Å². The Hall–Kier alpha value is -2.08. The molecule has 0 saturated carbocycles. The van der Waals surface area contributed by atoms with E-state index < -0.39 is 5.97 Å². The number of nitrogens with zero attached hydrogens (tertiary/aromatic N) is 1. The van der Waals surface area contributed by atoms with Crippen molar-refractivity contribution >= 4 is 11.9 Å². The summed E-state index contributed by atoms with van der Waals surface area (Å²) in [6.07, 6.45) is 0.126. The number of ether oxygens (including phenoxy) is 1. The third-order valence-electron chi connectivity index (χ3n) is 3.01. The first kappa shape index (κ1) is 13.4. The van der Waals surface area contributed by atoms with Crippen LogP contribution in [0.5, 0.6) is 5.75 Å². The van der Waals surface area contributed by atoms with Crippen LogP contribution >= 0.6 is 0 Å². The van der Waals surface area contributed by atoms with Crippen molar-refractivity contribution in [2.24, 2.45) is 0 Å². The lowest BCUT2D eigenvalue weighted by Gasteiger charge is -2.26. The van der Waals surface area contributed by atoms with Gasteiger partial charge in [-0.05, 0) is 17.7 Å². The molecule has 102 valence electrons. The van der Waals surface area contributed by atoms with Crippen LogP contribution in [0.1, 0.15) is 15.9 Å². The topological polar surface area (TPSA) is 87.1 Å². The number of carboxylic acid groups (broad SMARTS) is 1. The molecule has 0 aliphatic carbocycles. The van der Waals surface area contributed by atoms with E-state index in [1.165, 1.54) is 12.1 Å². The van der Waals surface area contributed by atoms with Gasteiger partial charge in [-0.1, -0.05) is 6.07 Å². The predicted molar refractivity (Wildman–Crippen MR) is 66.2 cm³/mol. The molecule has 2 N–H and O–H groups in total. The number of carbonyl (C=O) groups excluding carboxylic acids is 1. The molecule has 0 aromatic heterocycles. The number of morpholine rings is 1. The van der Waals surface area contributed by atoms with Crippen molar-refractivity contribution in [2.75, 3.05) is 26.3 Å². The minimum atomic E-state index is -1.21. The quantitative estimate of drug-likeness (QED) is 0.830. The van der Waals surface area contributed by atoms with Gasteiger partial charge in [0.15, 0.2) is 0 Å². The van der Waals surface area contributed by atoms with Gasteiger partial charge < -0.3 is 19.8 Å². The summed E-state index contributed by atoms with van der Waals surface area (Å²) in [6.45, 7) is 2.18. The van der Waals surface area contributed by atoms with Gasteiger partial charge in [-0.2, -0.15) is 0 Å². The lowest BCUT2D eigenvalue weighted by molar-refractivity contribution is -0.134. The van der Waals surface area contributed by atoms with Gasteiger partial charge in [0.05, 0.1) is 19.6 Å². The molecule has 19 heavy (non-hydrogen) atoms. The first-order valence-electron chi connectivity index (χ1n) is 5.98. The molecule has 1 amide bonds. The highest BCUT2D eigenvalue weighted by atomic mass is 16.5. The minimum Gasteiger partial charge on any atom is -0.507 e. The van der Waals surface area contributed by atoms with E-state index in [9.17, 15) is 14.7 Å². The molecule has 0 unspecified atom stereocenters. The lowest BCUT2D eigenvalue weighted by Crippen LogP contribution is -2.41. The molecule has 0 atom stereocenters. The Kier molecular flexibility index (Phi) is 4.01. The molecule has 0 bridgehead atoms. The van der Waals surface area contributed by atoms with E-state index >= 15 is 0 Å². The summed E-state index contributed by atoms with van der Waals surface area (Å²) in [5.74, 6) is -1.57. The van der Waals surface area contributed by atoms with Crippen molar-refractivity contribution in [3.05, 3.63) is 29.3 Å². The van der Waals surface area contributed by atoms with Crippen LogP contribution in [0.25, 0.3) is 0 Å². The molecule has 1 aliphatic heterocycles. The van der Waals surface area contributed by atoms with Crippen LogP contribution in [-0.2, 0) is 16.0 Å². The fourth-order valence-electron chi connectivity index (χ4n) is 1.96. The summed E-state index contributed by atoms with van der Waals surface area (Å²) in [4.78, 5) is 24.6. The molecule has 1 aromatic carbocycles. The molecule has 1 saturated heterocycles. The number of phenols is 1. The van der Waals surface area contributed by atoms with Crippen LogP contribution in [0, 0.1) is 0 Å². The van der Waals surface area contributed by atoms with E-state index in [1.807, 2.05) is 0 Å². The van der Waals surface area contributed by atoms with Crippen molar-refractivity contribution in [1.82, 2.24) is 4.90 Å². The second-order valence-corrected chi connectivity index (χ2v) is 4.33. The minimum absolute atomic E-state index is 0.0645. The van der Waals surface area contributed by atoms with E-state index in [1.54, 1.807) is 11.0 Å². The largest absolute Gasteiger partial charge is 0.507 e. The fraction of sp³-hybridized carbons (Fsp3) is 0.385. The number of rotatable bonds is 3. The van der Waals surface area contributed by atoms with Crippen molar-refractivity contribution in [3.63, 3.8) is 0 Å². The summed E-state index contributed by atoms with van der Waals surface area (Å²) in [7, 11) is 0. The zero-order valence-corrected chi connectivity index (χ0v) is 10.3. The van der Waals surface area contributed by atoms with E-state index in [2.05, 4.69) is 0 Å². The average Bonchev–Trinajstić information content (AvgIpc) is 2.41. The van der Waals surface area contributed by atoms with Crippen LogP contribution < -0.4 is 0 Å². The maximum Gasteiger partial charge on any atom is 0.339 e. The molecule has 6 nitrogen and oxygen atoms in total. The van der Waals surface area contributed by atoms with Crippen LogP contribution in [0.4, 0.5) is 0 Å². The van der Waals surface area contributed by atoms with Crippen LogP contribution in [-0.4, -0.2) is 53.3 Å². The summed E-state index contributed by atoms with van der Waals surface area (Å²) >= 11 is 0. The Morgan fingerprint density at radius 2 is 1.95 bits per heavy atom. The zero-order chi connectivity index (χ0) is 13.8. The Morgan fingerprint density at radius 1 is 1.26 bits per heavy atom. The molecular weight excluding hydrogens is 250 g/mol. The zero-order valence-electron chi connectivity index (χ0n) is 10.3. The SMILES string of the molecule is O=C(O)c1cc(CC(=O)N2CCOCC2)ccc1O. The highest BCUT2D eigenvalue weighted by Gasteiger charge is 2.18. The molecule has 6 heteroatoms. The van der Waals surface area contributed by atoms with Gasteiger partial charge in [0, 0.05) is 13.1 Å². The number of benzene rings is 1. The Balaban J connectivity index is 2.08. The van der Waals surface area contributed by atoms with Gasteiger partial charge >= 0.3 is 5.97 Å². The van der Waals surface area contributed by atoms with Gasteiger partial charge in [-0.3, -0.25) is 4.79 Å². The van der Waals surface area contributed by atoms with E-state index in [0.717, 1.165) is 0 Å². The molecule has 1 aromatic rings. The van der Waals surface area contributed by atoms with Crippen LogP contribution in [0.15, 0.2) is 18.2 Å². The summed E-state index contributed by atoms with van der Waals surface area (Å²) in [6, 6.07) is 4.18. The predicted octanol–water partition coefficient (Wildman–Crippen LogP) is 0.492. The van der Waals surface area contributed by atoms with Crippen LogP contribution in [0.2, 0.25) is 0 Å². The Labute approximate surface area is 110 Å². The first-order valence-corrected chi connectivity index (χ1v) is 5.98. The number of aromatic hydroxyl groups is 1. The summed E-state index contributed by atoms with van der Waals surface area (Å²) in [5, 5.41) is 18.3. The van der Waals surface area contributed by atoms with Gasteiger partial charge in [-0.15, -0.1) is 0 Å². The third-order valence-corrected chi connectivity index (χ3v) is 3.01. The maximum atomic E-state index is 12.0. The number of aromatic carboxylic acids is 1. The smallest absolute Gasteiger partial charge is 0.339 e. The second-order valence-electron chi connectivity index (χ2n) is 4.33. The molecule has 1 heterocycles. The fourth-order valence-corrected chi connectivity index (χ4v) is 1.96. The number of carbonyl (C=O) groups is 2. The molecule has 0 spiro atoms. The third kappa shape index (κ3) is 3.23.